The number of pyridine rings is 5. The molecule has 0 atom stereocenters. The second-order valence-corrected chi connectivity index (χ2v) is 27.3. The molecule has 4 amide bonds. The summed E-state index contributed by atoms with van der Waals surface area (Å²) in [6, 6.07) is 36.0. The Hall–Kier alpha value is -14.3. The Morgan fingerprint density at radius 2 is 0.836 bits per heavy atom. The molecule has 636 valence electrons. The number of amides is 4. The summed E-state index contributed by atoms with van der Waals surface area (Å²) in [5, 5.41) is 23.5. The molecular weight excluding hydrogens is 1630 g/mol. The maximum absolute atomic E-state index is 13.9. The van der Waals surface area contributed by atoms with Gasteiger partial charge in [0, 0.05) is 120 Å². The number of alkyl halides is 12. The van der Waals surface area contributed by atoms with Crippen molar-refractivity contribution in [3.8, 4) is 28.5 Å². The maximum Gasteiger partial charge on any atom is 0.416 e. The smallest absolute Gasteiger partial charge is 0.416 e. The molecule has 7 aromatic heterocycles. The second kappa shape index (κ2) is 37.8. The Labute approximate surface area is 683 Å². The van der Waals surface area contributed by atoms with Gasteiger partial charge in [-0.1, -0.05) is 30.3 Å². The number of benzene rings is 5. The van der Waals surface area contributed by atoms with Crippen molar-refractivity contribution in [2.24, 2.45) is 7.05 Å². The largest absolute Gasteiger partial charge is 0.475 e. The van der Waals surface area contributed by atoms with Gasteiger partial charge >= 0.3 is 30.7 Å². The third-order valence-electron chi connectivity index (χ3n) is 18.7. The van der Waals surface area contributed by atoms with E-state index in [1.54, 1.807) is 64.1 Å². The fourth-order valence-electron chi connectivity index (χ4n) is 12.6. The topological polar surface area (TPSA) is 304 Å². The second-order valence-electron chi connectivity index (χ2n) is 27.3. The maximum atomic E-state index is 13.9. The molecule has 0 fully saturated rings. The lowest BCUT2D eigenvalue weighted by atomic mass is 10.1. The molecule has 12 aromatic rings. The van der Waals surface area contributed by atoms with Crippen molar-refractivity contribution in [3.63, 3.8) is 0 Å². The number of fused-ring (bicyclic) bond motifs is 1. The number of carboxylic acid groups (broad SMARTS) is 1. The number of ether oxygens (including phenoxy) is 2. The predicted octanol–water partition coefficient (Wildman–Crippen LogP) is 14.5. The average molecular weight is 1700 g/mol. The van der Waals surface area contributed by atoms with Crippen LogP contribution in [0.1, 0.15) is 136 Å². The molecule has 0 saturated carbocycles. The van der Waals surface area contributed by atoms with Gasteiger partial charge in [-0.05, 0) is 199 Å². The number of carbonyl (C=O) groups is 5. The van der Waals surface area contributed by atoms with E-state index >= 15 is 0 Å². The van der Waals surface area contributed by atoms with Crippen molar-refractivity contribution in [1.29, 1.82) is 0 Å². The van der Waals surface area contributed by atoms with Crippen molar-refractivity contribution in [2.75, 3.05) is 13.3 Å². The molecule has 0 aliphatic carbocycles. The van der Waals surface area contributed by atoms with Gasteiger partial charge in [-0.3, -0.25) is 66.3 Å². The van der Waals surface area contributed by atoms with Crippen molar-refractivity contribution in [1.82, 2.24) is 54.3 Å². The van der Waals surface area contributed by atoms with Crippen LogP contribution in [0.4, 0.5) is 57.1 Å². The van der Waals surface area contributed by atoms with E-state index in [1.165, 1.54) is 129 Å². The molecule has 8 heterocycles. The third kappa shape index (κ3) is 22.0. The Morgan fingerprint density at radius 1 is 0.459 bits per heavy atom. The number of aryl methyl sites for hydroxylation is 7. The lowest BCUT2D eigenvalue weighted by Gasteiger charge is -2.21. The fraction of sp³-hybridized carbons (Fsp3) is 0.212. The number of carboxylic acids is 1. The molecule has 24 nitrogen and oxygen atoms in total. The van der Waals surface area contributed by atoms with Crippen LogP contribution in [0.3, 0.4) is 0 Å². The van der Waals surface area contributed by atoms with Crippen molar-refractivity contribution in [3.05, 3.63) is 354 Å². The molecule has 0 unspecified atom stereocenters. The van der Waals surface area contributed by atoms with E-state index in [0.29, 0.717) is 63.9 Å². The fourth-order valence-corrected chi connectivity index (χ4v) is 12.6. The van der Waals surface area contributed by atoms with Gasteiger partial charge in [-0.2, -0.15) is 57.8 Å². The van der Waals surface area contributed by atoms with Gasteiger partial charge in [0.05, 0.1) is 34.6 Å². The van der Waals surface area contributed by atoms with Crippen molar-refractivity contribution >= 4 is 29.6 Å². The number of hydrogen-bond donors (Lipinski definition) is 5. The minimum atomic E-state index is -4.58. The quantitative estimate of drug-likeness (QED) is 0.0499. The molecule has 0 radical (unpaired) electrons. The summed E-state index contributed by atoms with van der Waals surface area (Å²) >= 11 is 0. The van der Waals surface area contributed by atoms with Crippen LogP contribution < -0.4 is 48.2 Å². The molecular formula is C85H72F13N11O13. The average Bonchev–Trinajstić information content (AvgIpc) is 0.862. The Bertz CT molecular complexity index is 6200. The zero-order chi connectivity index (χ0) is 89.0. The normalized spacial score (nSPS) is 11.9. The van der Waals surface area contributed by atoms with Crippen molar-refractivity contribution < 1.29 is 100 Å². The first-order chi connectivity index (χ1) is 57.5. The highest BCUT2D eigenvalue weighted by atomic mass is 19.4. The zero-order valence-electron chi connectivity index (χ0n) is 65.3. The monoisotopic (exact) mass is 1700 g/mol. The van der Waals surface area contributed by atoms with Gasteiger partial charge in [0.2, 0.25) is 5.76 Å². The summed E-state index contributed by atoms with van der Waals surface area (Å²) < 4.78 is 192. The van der Waals surface area contributed by atoms with Crippen LogP contribution in [0.2, 0.25) is 0 Å². The summed E-state index contributed by atoms with van der Waals surface area (Å²) in [7, 11) is 1.76. The van der Waals surface area contributed by atoms with Gasteiger partial charge in [0.25, 0.3) is 45.9 Å². The Morgan fingerprint density at radius 3 is 1.18 bits per heavy atom. The Kier molecular flexibility index (Phi) is 27.9. The van der Waals surface area contributed by atoms with E-state index in [-0.39, 0.29) is 83.8 Å². The first-order valence-corrected chi connectivity index (χ1v) is 36.4. The number of aromatic carboxylic acids is 1. The van der Waals surface area contributed by atoms with E-state index in [1.807, 2.05) is 6.07 Å². The number of nitrogens with zero attached hydrogens (tertiary/aromatic N) is 7. The number of nitrogens with one attached hydrogen (secondary N) is 4. The van der Waals surface area contributed by atoms with Gasteiger partial charge in [0.15, 0.2) is 6.79 Å². The predicted molar refractivity (Wildman–Crippen MR) is 416 cm³/mol. The SMILES string of the molecule is Cc1ccc(C(=O)NCCc2cccnc2)c(=O)n1-c1cccc(C(F)(F)F)c1.Cc1ccc(C(=O)NCc2cc(F)cc3c2OCOC3)c(=O)n1-c1cccc(C(F)(F)F)c1.Cc1nn(C)cc1CNC(=O)c1ccc(C)n(-c2cccc(C(F)(F)F)c2)c1=O.Cc1oc(C(=O)O)cc1CNC(=O)c1ccc(C)n(-c2cccc(C(F)(F)F)c2)c1=O. The summed E-state index contributed by atoms with van der Waals surface area (Å²) in [6.07, 6.45) is -12.6. The first-order valence-electron chi connectivity index (χ1n) is 36.4. The number of hydrogen-bond acceptors (Lipinski definition) is 14. The lowest BCUT2D eigenvalue weighted by molar-refractivity contribution is -0.138. The molecule has 0 saturated heterocycles. The Balaban J connectivity index is 0.000000171. The summed E-state index contributed by atoms with van der Waals surface area (Å²) in [4.78, 5) is 117. The summed E-state index contributed by atoms with van der Waals surface area (Å²) in [5.74, 6) is -4.11. The molecule has 13 rings (SSSR count). The van der Waals surface area contributed by atoms with E-state index in [0.717, 1.165) is 83.6 Å². The highest BCUT2D eigenvalue weighted by molar-refractivity contribution is 5.96. The highest BCUT2D eigenvalue weighted by Gasteiger charge is 2.35. The van der Waals surface area contributed by atoms with Crippen LogP contribution in [-0.2, 0) is 69.2 Å². The van der Waals surface area contributed by atoms with E-state index in [4.69, 9.17) is 19.0 Å². The van der Waals surface area contributed by atoms with E-state index < -0.39 is 105 Å². The molecule has 37 heteroatoms. The molecule has 122 heavy (non-hydrogen) atoms. The van der Waals surface area contributed by atoms with Crippen LogP contribution >= 0.6 is 0 Å². The van der Waals surface area contributed by atoms with Gasteiger partial charge in [0.1, 0.15) is 39.6 Å². The van der Waals surface area contributed by atoms with Crippen LogP contribution in [0, 0.1) is 47.4 Å². The zero-order valence-corrected chi connectivity index (χ0v) is 65.3. The van der Waals surface area contributed by atoms with Crippen LogP contribution in [0.5, 0.6) is 5.75 Å². The van der Waals surface area contributed by atoms with E-state index in [9.17, 15) is 100 Å². The van der Waals surface area contributed by atoms with Gasteiger partial charge in [-0.15, -0.1) is 0 Å². The van der Waals surface area contributed by atoms with Crippen LogP contribution in [-0.4, -0.2) is 81.1 Å². The number of halogens is 13. The third-order valence-corrected chi connectivity index (χ3v) is 18.7. The van der Waals surface area contributed by atoms with Gasteiger partial charge in [-0.25, -0.2) is 9.18 Å². The van der Waals surface area contributed by atoms with E-state index in [2.05, 4.69) is 31.3 Å². The molecule has 0 bridgehead atoms. The molecule has 1 aliphatic heterocycles. The molecule has 5 N–H and O–H groups in total. The number of rotatable bonds is 18. The number of carbonyl (C=O) groups excluding carboxylic acids is 4. The van der Waals surface area contributed by atoms with Crippen LogP contribution in [0.25, 0.3) is 22.7 Å². The summed E-state index contributed by atoms with van der Waals surface area (Å²) in [5.41, 5.74) is -2.03. The van der Waals surface area contributed by atoms with Gasteiger partial charge < -0.3 is 40.3 Å². The number of aromatic nitrogens is 7. The summed E-state index contributed by atoms with van der Waals surface area (Å²) in [6.45, 7) is 9.97. The minimum Gasteiger partial charge on any atom is -0.475 e. The molecule has 1 aliphatic rings. The van der Waals surface area contributed by atoms with Crippen LogP contribution in [0.15, 0.2) is 218 Å². The number of furan rings is 1. The first kappa shape index (κ1) is 90.1. The minimum absolute atomic E-state index is 0.0146. The molecule has 5 aromatic carbocycles. The van der Waals surface area contributed by atoms with Crippen molar-refractivity contribution in [2.45, 2.75) is 98.9 Å². The lowest BCUT2D eigenvalue weighted by Crippen LogP contribution is -2.34. The molecule has 0 spiro atoms. The standard InChI is InChI=1S/C23H18F4N2O4.C21H18F3N3O2.C21H17F3N2O5.C20H19F3N4O2/c1-13-5-6-19(22(31)29(13)18-4-2-3-16(9-18)23(25,26)27)21(30)28-10-14-7-17(24)8-15-11-32-12-33-20(14)15;1-14-7-8-18(19(28)26-11-9-15-4-3-10-25-13-15)20(29)27(14)17-6-2-5-16(12-17)21(22,23)24;1-11-6-7-16(18(27)25-10-13-8-17(20(29)30)31-12(13)2)19(28)26(11)15-5-3-4-14(9-15)21(22,23)24;1-12-7-8-17(18(28)24-10-14-11-26(3)25-13(14)2)19(29)27(12)16-6-4-5-15(9-16)20(21,22)23/h2-9H,10-12H2,1H3,(H,28,30);2-8,10,12-13H,9,11H2,1H3,(H,26,28);3-9H,10H2,1-2H3,(H,25,27)(H,29,30);4-9,11H,10H2,1-3H3,(H,24,28). The highest BCUT2D eigenvalue weighted by Crippen LogP contribution is 2.35.